The van der Waals surface area contributed by atoms with Crippen molar-refractivity contribution in [3.8, 4) is 0 Å². The van der Waals surface area contributed by atoms with Crippen LogP contribution in [0.5, 0.6) is 0 Å². The van der Waals surface area contributed by atoms with Crippen molar-refractivity contribution in [2.24, 2.45) is 0 Å². The summed E-state index contributed by atoms with van der Waals surface area (Å²) in [4.78, 5) is 12.4. The standard InChI is InChI=1S/C17H24ClNO/c1-13-6-7-14(16(18)10-13)11-15(20)12-17(19-2)8-4-3-5-9-17/h6-7,10,19H,3-5,8-9,11-12H2,1-2H3. The Morgan fingerprint density at radius 2 is 2.00 bits per heavy atom. The fourth-order valence-electron chi connectivity index (χ4n) is 3.19. The van der Waals surface area contributed by atoms with Crippen molar-refractivity contribution in [3.63, 3.8) is 0 Å². The molecule has 2 nitrogen and oxygen atoms in total. The first-order chi connectivity index (χ1) is 9.54. The minimum atomic E-state index is 0.0203. The van der Waals surface area contributed by atoms with E-state index in [2.05, 4.69) is 5.32 Å². The minimum absolute atomic E-state index is 0.0203. The Hall–Kier alpha value is -0.860. The average molecular weight is 294 g/mol. The molecule has 0 amide bonds. The molecular weight excluding hydrogens is 270 g/mol. The number of nitrogens with one attached hydrogen (secondary N) is 1. The zero-order valence-corrected chi connectivity index (χ0v) is 13.2. The third kappa shape index (κ3) is 3.83. The summed E-state index contributed by atoms with van der Waals surface area (Å²) in [5.74, 6) is 0.284. The van der Waals surface area contributed by atoms with E-state index in [0.29, 0.717) is 17.9 Å². The first kappa shape index (κ1) is 15.5. The largest absolute Gasteiger partial charge is 0.314 e. The summed E-state index contributed by atoms with van der Waals surface area (Å²) in [6.45, 7) is 2.01. The van der Waals surface area contributed by atoms with E-state index in [9.17, 15) is 4.79 Å². The number of benzene rings is 1. The number of halogens is 1. The van der Waals surface area contributed by atoms with Crippen LogP contribution < -0.4 is 5.32 Å². The highest BCUT2D eigenvalue weighted by atomic mass is 35.5. The van der Waals surface area contributed by atoms with Gasteiger partial charge >= 0.3 is 0 Å². The summed E-state index contributed by atoms with van der Waals surface area (Å²) in [5, 5.41) is 4.11. The highest BCUT2D eigenvalue weighted by Crippen LogP contribution is 2.31. The normalized spacial score (nSPS) is 17.9. The Balaban J connectivity index is 2.00. The molecule has 1 aromatic carbocycles. The maximum absolute atomic E-state index is 12.4. The van der Waals surface area contributed by atoms with Crippen molar-refractivity contribution < 1.29 is 4.79 Å². The van der Waals surface area contributed by atoms with Crippen LogP contribution in [0.3, 0.4) is 0 Å². The summed E-state index contributed by atoms with van der Waals surface area (Å²) in [7, 11) is 1.98. The molecule has 1 fully saturated rings. The summed E-state index contributed by atoms with van der Waals surface area (Å²) in [5.41, 5.74) is 2.10. The van der Waals surface area contributed by atoms with Crippen LogP contribution in [0, 0.1) is 6.92 Å². The van der Waals surface area contributed by atoms with Crippen molar-refractivity contribution in [3.05, 3.63) is 34.3 Å². The Morgan fingerprint density at radius 3 is 2.60 bits per heavy atom. The molecule has 0 atom stereocenters. The predicted octanol–water partition coefficient (Wildman–Crippen LogP) is 4.07. The van der Waals surface area contributed by atoms with Crippen molar-refractivity contribution in [2.45, 2.75) is 57.4 Å². The van der Waals surface area contributed by atoms with Crippen LogP contribution in [0.25, 0.3) is 0 Å². The highest BCUT2D eigenvalue weighted by molar-refractivity contribution is 6.31. The van der Waals surface area contributed by atoms with E-state index in [0.717, 1.165) is 24.0 Å². The fraction of sp³-hybridized carbons (Fsp3) is 0.588. The second kappa shape index (κ2) is 6.73. The van der Waals surface area contributed by atoms with Gasteiger partial charge in [-0.1, -0.05) is 43.0 Å². The molecule has 0 heterocycles. The molecule has 1 N–H and O–H groups in total. The lowest BCUT2D eigenvalue weighted by Crippen LogP contribution is -2.46. The molecule has 3 heteroatoms. The Bertz CT molecular complexity index is 478. The maximum Gasteiger partial charge on any atom is 0.139 e. The number of carbonyl (C=O) groups excluding carboxylic acids is 1. The van der Waals surface area contributed by atoms with Gasteiger partial charge in [-0.15, -0.1) is 0 Å². The number of Topliss-reactive ketones (excluding diaryl/α,β-unsaturated/α-hetero) is 1. The SMILES string of the molecule is CNC1(CC(=O)Cc2ccc(C)cc2Cl)CCCCC1. The summed E-state index contributed by atoms with van der Waals surface area (Å²) in [6, 6.07) is 5.92. The van der Waals surface area contributed by atoms with Gasteiger partial charge in [0.1, 0.15) is 5.78 Å². The van der Waals surface area contributed by atoms with Gasteiger partial charge in [0.25, 0.3) is 0 Å². The third-order valence-corrected chi connectivity index (χ3v) is 4.82. The molecule has 2 rings (SSSR count). The Labute approximate surface area is 126 Å². The summed E-state index contributed by atoms with van der Waals surface area (Å²) < 4.78 is 0. The number of hydrogen-bond acceptors (Lipinski definition) is 2. The van der Waals surface area contributed by atoms with Crippen LogP contribution in [-0.4, -0.2) is 18.4 Å². The van der Waals surface area contributed by atoms with Crippen LogP contribution in [0.15, 0.2) is 18.2 Å². The molecule has 0 radical (unpaired) electrons. The lowest BCUT2D eigenvalue weighted by molar-refractivity contribution is -0.120. The molecule has 1 aromatic rings. The van der Waals surface area contributed by atoms with Crippen LogP contribution in [-0.2, 0) is 11.2 Å². The van der Waals surface area contributed by atoms with E-state index in [1.165, 1.54) is 19.3 Å². The summed E-state index contributed by atoms with van der Waals surface area (Å²) in [6.07, 6.45) is 7.02. The quantitative estimate of drug-likeness (QED) is 0.886. The smallest absolute Gasteiger partial charge is 0.139 e. The number of hydrogen-bond donors (Lipinski definition) is 1. The van der Waals surface area contributed by atoms with Crippen molar-refractivity contribution >= 4 is 17.4 Å². The zero-order valence-electron chi connectivity index (χ0n) is 12.5. The van der Waals surface area contributed by atoms with Gasteiger partial charge in [0.15, 0.2) is 0 Å². The first-order valence-electron chi connectivity index (χ1n) is 7.50. The number of carbonyl (C=O) groups is 1. The predicted molar refractivity (Wildman–Crippen MR) is 84.4 cm³/mol. The van der Waals surface area contributed by atoms with Crippen LogP contribution >= 0.6 is 11.6 Å². The molecule has 20 heavy (non-hydrogen) atoms. The van der Waals surface area contributed by atoms with E-state index in [-0.39, 0.29) is 11.3 Å². The van der Waals surface area contributed by atoms with E-state index in [4.69, 9.17) is 11.6 Å². The number of aryl methyl sites for hydroxylation is 1. The summed E-state index contributed by atoms with van der Waals surface area (Å²) >= 11 is 6.22. The van der Waals surface area contributed by atoms with Crippen molar-refractivity contribution in [2.75, 3.05) is 7.05 Å². The van der Waals surface area contributed by atoms with Gasteiger partial charge in [-0.25, -0.2) is 0 Å². The van der Waals surface area contributed by atoms with Crippen molar-refractivity contribution in [1.82, 2.24) is 5.32 Å². The Kier molecular flexibility index (Phi) is 5.22. The first-order valence-corrected chi connectivity index (χ1v) is 7.88. The van der Waals surface area contributed by atoms with Gasteiger partial charge < -0.3 is 5.32 Å². The molecule has 110 valence electrons. The topological polar surface area (TPSA) is 29.1 Å². The van der Waals surface area contributed by atoms with Gasteiger partial charge in [-0.3, -0.25) is 4.79 Å². The van der Waals surface area contributed by atoms with Crippen LogP contribution in [0.1, 0.15) is 49.7 Å². The Morgan fingerprint density at radius 1 is 1.30 bits per heavy atom. The third-order valence-electron chi connectivity index (χ3n) is 4.47. The van der Waals surface area contributed by atoms with Gasteiger partial charge in [0.2, 0.25) is 0 Å². The maximum atomic E-state index is 12.4. The second-order valence-electron chi connectivity index (χ2n) is 6.08. The van der Waals surface area contributed by atoms with E-state index < -0.39 is 0 Å². The van der Waals surface area contributed by atoms with Crippen molar-refractivity contribution in [1.29, 1.82) is 0 Å². The zero-order chi connectivity index (χ0) is 14.6. The average Bonchev–Trinajstić information content (AvgIpc) is 2.43. The van der Waals surface area contributed by atoms with Gasteiger partial charge in [-0.05, 0) is 44.0 Å². The molecule has 0 aromatic heterocycles. The second-order valence-corrected chi connectivity index (χ2v) is 6.49. The van der Waals surface area contributed by atoms with Gasteiger partial charge in [0.05, 0.1) is 0 Å². The molecule has 1 saturated carbocycles. The lowest BCUT2D eigenvalue weighted by Gasteiger charge is -2.36. The highest BCUT2D eigenvalue weighted by Gasteiger charge is 2.32. The monoisotopic (exact) mass is 293 g/mol. The van der Waals surface area contributed by atoms with E-state index >= 15 is 0 Å². The molecule has 1 aliphatic carbocycles. The molecule has 0 saturated heterocycles. The molecule has 0 bridgehead atoms. The number of rotatable bonds is 5. The molecular formula is C17H24ClNO. The fourth-order valence-corrected chi connectivity index (χ4v) is 3.49. The molecule has 1 aliphatic rings. The number of ketones is 1. The van der Waals surface area contributed by atoms with Crippen LogP contribution in [0.2, 0.25) is 5.02 Å². The van der Waals surface area contributed by atoms with Gasteiger partial charge in [0, 0.05) is 23.4 Å². The molecule has 0 aliphatic heterocycles. The molecule has 0 spiro atoms. The molecule has 0 unspecified atom stereocenters. The van der Waals surface area contributed by atoms with E-state index in [1.807, 2.05) is 32.2 Å². The van der Waals surface area contributed by atoms with Crippen LogP contribution in [0.4, 0.5) is 0 Å². The van der Waals surface area contributed by atoms with E-state index in [1.54, 1.807) is 0 Å². The lowest BCUT2D eigenvalue weighted by atomic mass is 9.78. The van der Waals surface area contributed by atoms with Gasteiger partial charge in [-0.2, -0.15) is 0 Å². The minimum Gasteiger partial charge on any atom is -0.314 e.